The van der Waals surface area contributed by atoms with E-state index in [9.17, 15) is 13.9 Å². The minimum Gasteiger partial charge on any atom is -0.494 e. The van der Waals surface area contributed by atoms with Crippen molar-refractivity contribution in [2.45, 2.75) is 19.6 Å². The van der Waals surface area contributed by atoms with Crippen LogP contribution in [0.1, 0.15) is 12.6 Å². The van der Waals surface area contributed by atoms with Gasteiger partial charge in [-0.15, -0.1) is 0 Å². The molecule has 38 heavy (non-hydrogen) atoms. The molecule has 4 heterocycles. The average Bonchev–Trinajstić information content (AvgIpc) is 3.27. The predicted octanol–water partition coefficient (Wildman–Crippen LogP) is 1.70. The number of aromatic nitrogens is 5. The van der Waals surface area contributed by atoms with E-state index in [1.165, 1.54) is 0 Å². The van der Waals surface area contributed by atoms with Gasteiger partial charge in [-0.1, -0.05) is 12.1 Å². The van der Waals surface area contributed by atoms with Crippen molar-refractivity contribution in [3.8, 4) is 34.6 Å². The number of imidazole rings is 1. The molecule has 200 valence electrons. The summed E-state index contributed by atoms with van der Waals surface area (Å²) >= 11 is -2.26. The first-order valence-corrected chi connectivity index (χ1v) is 12.9. The standard InChI is InChI=1S/C24H27N7O6S/c1-4-37-19-10-5-7-15(26-19)23-29-21-24(31(23)20-17(35-2)8-6-9-18(20)36-3)27-16(11-25-38(33)34)22(28-21)30-12-14(32)13-30/h5-10,14,25,32H,4,11-13H2,1-3H3,(H,33,34). The van der Waals surface area contributed by atoms with Crippen molar-refractivity contribution >= 4 is 28.4 Å². The Morgan fingerprint density at radius 3 is 2.39 bits per heavy atom. The molecule has 5 rings (SSSR count). The molecule has 0 spiro atoms. The Kier molecular flexibility index (Phi) is 7.37. The van der Waals surface area contributed by atoms with Crippen LogP contribution in [0.4, 0.5) is 5.82 Å². The summed E-state index contributed by atoms with van der Waals surface area (Å²) in [4.78, 5) is 20.9. The summed E-state index contributed by atoms with van der Waals surface area (Å²) in [5.41, 5.74) is 2.11. The van der Waals surface area contributed by atoms with Gasteiger partial charge >= 0.3 is 0 Å². The molecule has 0 bridgehead atoms. The molecule has 1 fully saturated rings. The van der Waals surface area contributed by atoms with Crippen LogP contribution in [0.3, 0.4) is 0 Å². The number of anilines is 1. The lowest BCUT2D eigenvalue weighted by Crippen LogP contribution is -2.51. The highest BCUT2D eigenvalue weighted by Crippen LogP contribution is 2.38. The molecule has 1 aliphatic rings. The van der Waals surface area contributed by atoms with Crippen molar-refractivity contribution in [1.29, 1.82) is 0 Å². The van der Waals surface area contributed by atoms with E-state index in [0.717, 1.165) is 0 Å². The number of fused-ring (bicyclic) bond motifs is 1. The van der Waals surface area contributed by atoms with E-state index in [4.69, 9.17) is 29.2 Å². The summed E-state index contributed by atoms with van der Waals surface area (Å²) in [6.45, 7) is 3.00. The third-order valence-corrected chi connectivity index (χ3v) is 6.33. The first kappa shape index (κ1) is 25.8. The number of para-hydroxylation sites is 1. The maximum Gasteiger partial charge on any atom is 0.232 e. The zero-order chi connectivity index (χ0) is 26.8. The second-order valence-corrected chi connectivity index (χ2v) is 9.13. The van der Waals surface area contributed by atoms with Gasteiger partial charge in [0, 0.05) is 19.2 Å². The molecule has 1 aromatic carbocycles. The summed E-state index contributed by atoms with van der Waals surface area (Å²) in [5, 5.41) is 9.87. The van der Waals surface area contributed by atoms with Crippen LogP contribution in [0.15, 0.2) is 36.4 Å². The number of hydrogen-bond donors (Lipinski definition) is 3. The third kappa shape index (κ3) is 4.86. The van der Waals surface area contributed by atoms with E-state index < -0.39 is 17.4 Å². The Labute approximate surface area is 220 Å². The highest BCUT2D eigenvalue weighted by molar-refractivity contribution is 7.77. The van der Waals surface area contributed by atoms with Crippen molar-refractivity contribution in [2.24, 2.45) is 0 Å². The molecule has 0 amide bonds. The molecular formula is C24H27N7O6S. The van der Waals surface area contributed by atoms with Crippen LogP contribution >= 0.6 is 0 Å². The number of aliphatic hydroxyl groups is 1. The Hall–Kier alpha value is -3.85. The van der Waals surface area contributed by atoms with Crippen LogP contribution in [-0.2, 0) is 17.8 Å². The Morgan fingerprint density at radius 1 is 1.05 bits per heavy atom. The first-order valence-electron chi connectivity index (χ1n) is 11.8. The molecule has 1 aliphatic heterocycles. The van der Waals surface area contributed by atoms with Crippen molar-refractivity contribution in [2.75, 3.05) is 38.8 Å². The number of methoxy groups -OCH3 is 2. The van der Waals surface area contributed by atoms with Gasteiger partial charge in [0.1, 0.15) is 28.6 Å². The summed E-state index contributed by atoms with van der Waals surface area (Å²) < 4.78 is 41.9. The second-order valence-electron chi connectivity index (χ2n) is 8.35. The lowest BCUT2D eigenvalue weighted by Gasteiger charge is -2.37. The van der Waals surface area contributed by atoms with Crippen molar-refractivity contribution in [3.63, 3.8) is 0 Å². The molecule has 1 unspecified atom stereocenters. The fraction of sp³-hybridized carbons (Fsp3) is 0.333. The molecule has 3 N–H and O–H groups in total. The van der Waals surface area contributed by atoms with Crippen molar-refractivity contribution in [1.82, 2.24) is 29.2 Å². The lowest BCUT2D eigenvalue weighted by atomic mass is 10.1. The third-order valence-electron chi connectivity index (χ3n) is 5.94. The van der Waals surface area contributed by atoms with E-state index >= 15 is 0 Å². The topological polar surface area (TPSA) is 157 Å². The van der Waals surface area contributed by atoms with Gasteiger partial charge in [-0.25, -0.2) is 28.9 Å². The molecule has 4 aromatic rings. The molecule has 0 radical (unpaired) electrons. The highest BCUT2D eigenvalue weighted by Gasteiger charge is 2.31. The largest absolute Gasteiger partial charge is 0.494 e. The maximum atomic E-state index is 11.4. The number of β-amino-alcohol motifs (C(OH)–C–C–N with tert-alkyl or cyclic N) is 1. The van der Waals surface area contributed by atoms with Crippen LogP contribution in [0, 0.1) is 0 Å². The summed E-state index contributed by atoms with van der Waals surface area (Å²) in [7, 11) is 3.10. The van der Waals surface area contributed by atoms with Gasteiger partial charge in [-0.2, -0.15) is 0 Å². The molecule has 1 saturated heterocycles. The number of hydrogen-bond acceptors (Lipinski definition) is 10. The van der Waals surface area contributed by atoms with Gasteiger partial charge in [0.05, 0.1) is 33.5 Å². The number of nitrogens with zero attached hydrogens (tertiary/aromatic N) is 6. The number of benzene rings is 1. The first-order chi connectivity index (χ1) is 18.4. The molecule has 0 aliphatic carbocycles. The maximum absolute atomic E-state index is 11.4. The Morgan fingerprint density at radius 2 is 1.76 bits per heavy atom. The molecule has 14 heteroatoms. The van der Waals surface area contributed by atoms with Crippen LogP contribution in [0.2, 0.25) is 0 Å². The number of rotatable bonds is 10. The fourth-order valence-corrected chi connectivity index (χ4v) is 4.51. The minimum absolute atomic E-state index is 0.0460. The number of ether oxygens (including phenoxy) is 3. The van der Waals surface area contributed by atoms with Gasteiger partial charge in [0.2, 0.25) is 17.1 Å². The van der Waals surface area contributed by atoms with Crippen LogP contribution in [0.25, 0.3) is 28.5 Å². The van der Waals surface area contributed by atoms with E-state index in [0.29, 0.717) is 77.1 Å². The van der Waals surface area contributed by atoms with Crippen molar-refractivity contribution in [3.05, 3.63) is 42.1 Å². The molecule has 13 nitrogen and oxygen atoms in total. The summed E-state index contributed by atoms with van der Waals surface area (Å²) in [6.07, 6.45) is -0.489. The van der Waals surface area contributed by atoms with E-state index in [-0.39, 0.29) is 6.54 Å². The van der Waals surface area contributed by atoms with Crippen LogP contribution < -0.4 is 23.8 Å². The van der Waals surface area contributed by atoms with Gasteiger partial charge < -0.3 is 24.2 Å². The zero-order valence-corrected chi connectivity index (χ0v) is 21.8. The van der Waals surface area contributed by atoms with Crippen LogP contribution in [-0.4, -0.2) is 78.4 Å². The molecule has 0 saturated carbocycles. The van der Waals surface area contributed by atoms with Gasteiger partial charge in [0.25, 0.3) is 0 Å². The Bertz CT molecular complexity index is 1470. The normalized spacial score (nSPS) is 14.4. The van der Waals surface area contributed by atoms with Gasteiger partial charge in [-0.05, 0) is 25.1 Å². The van der Waals surface area contributed by atoms with E-state index in [2.05, 4.69) is 9.71 Å². The zero-order valence-electron chi connectivity index (χ0n) is 21.0. The number of nitrogens with one attached hydrogen (secondary N) is 1. The predicted molar refractivity (Wildman–Crippen MR) is 140 cm³/mol. The molecule has 3 aromatic heterocycles. The SMILES string of the molecule is CCOc1cccc(-c2nc3nc(N4CC(O)C4)c(CNS(=O)O)nc3n2-c2c(OC)cccc2OC)n1. The smallest absolute Gasteiger partial charge is 0.232 e. The summed E-state index contributed by atoms with van der Waals surface area (Å²) in [5.74, 6) is 2.30. The number of aliphatic hydroxyl groups excluding tert-OH is 1. The molecular weight excluding hydrogens is 514 g/mol. The van der Waals surface area contributed by atoms with Crippen molar-refractivity contribution < 1.29 is 28.1 Å². The second kappa shape index (κ2) is 10.9. The van der Waals surface area contributed by atoms with E-state index in [1.54, 1.807) is 49.1 Å². The van der Waals surface area contributed by atoms with Crippen LogP contribution in [0.5, 0.6) is 17.4 Å². The van der Waals surface area contributed by atoms with Gasteiger partial charge in [0.15, 0.2) is 22.9 Å². The van der Waals surface area contributed by atoms with E-state index in [1.807, 2.05) is 17.9 Å². The monoisotopic (exact) mass is 541 g/mol. The fourth-order valence-electron chi connectivity index (χ4n) is 4.25. The average molecular weight is 542 g/mol. The highest BCUT2D eigenvalue weighted by atomic mass is 32.2. The number of pyridine rings is 1. The lowest BCUT2D eigenvalue weighted by molar-refractivity contribution is 0.141. The van der Waals surface area contributed by atoms with Gasteiger partial charge in [-0.3, -0.25) is 9.12 Å². The molecule has 1 atom stereocenters. The Balaban J connectivity index is 1.80. The quantitative estimate of drug-likeness (QED) is 0.251. The minimum atomic E-state index is -2.26. The summed E-state index contributed by atoms with van der Waals surface area (Å²) in [6, 6.07) is 10.8.